The van der Waals surface area contributed by atoms with E-state index in [-0.39, 0.29) is 11.0 Å². The van der Waals surface area contributed by atoms with Crippen molar-refractivity contribution in [3.05, 3.63) is 24.2 Å². The Hall–Kier alpha value is -1.62. The van der Waals surface area contributed by atoms with Gasteiger partial charge in [-0.3, -0.25) is 0 Å². The van der Waals surface area contributed by atoms with Gasteiger partial charge in [-0.1, -0.05) is 20.8 Å². The van der Waals surface area contributed by atoms with Crippen LogP contribution in [0.5, 0.6) is 0 Å². The quantitative estimate of drug-likeness (QED) is 0.900. The van der Waals surface area contributed by atoms with Gasteiger partial charge < -0.3 is 11.1 Å². The number of hydrogen-bond donors (Lipinski definition) is 2. The zero-order chi connectivity index (χ0) is 14.4. The maximum atomic E-state index is 5.92. The summed E-state index contributed by atoms with van der Waals surface area (Å²) in [5, 5.41) is 8.20. The minimum Gasteiger partial charge on any atom is -0.362 e. The van der Waals surface area contributed by atoms with Crippen molar-refractivity contribution < 1.29 is 0 Å². The number of aromatic nitrogens is 3. The SMILES string of the molecule is CC(C)(C)c1cc2c(NC3(CN)CCC3)nccn2n1. The molecule has 3 N–H and O–H groups in total. The average Bonchev–Trinajstić information content (AvgIpc) is 2.78. The number of nitrogens with zero attached hydrogens (tertiary/aromatic N) is 3. The van der Waals surface area contributed by atoms with E-state index in [1.807, 2.05) is 10.7 Å². The summed E-state index contributed by atoms with van der Waals surface area (Å²) in [6, 6.07) is 2.12. The van der Waals surface area contributed by atoms with E-state index in [1.54, 1.807) is 6.20 Å². The molecule has 0 atom stereocenters. The standard InChI is InChI=1S/C15H23N5/c1-14(2,3)12-9-11-13(17-7-8-20(11)19-12)18-15(10-16)5-4-6-15/h7-9H,4-6,10,16H2,1-3H3,(H,17,18). The summed E-state index contributed by atoms with van der Waals surface area (Å²) in [6.45, 7) is 7.16. The summed E-state index contributed by atoms with van der Waals surface area (Å²) in [4.78, 5) is 4.49. The van der Waals surface area contributed by atoms with Gasteiger partial charge in [0.1, 0.15) is 5.52 Å². The third-order valence-corrected chi connectivity index (χ3v) is 4.24. The van der Waals surface area contributed by atoms with E-state index in [0.29, 0.717) is 6.54 Å². The molecule has 1 saturated carbocycles. The highest BCUT2D eigenvalue weighted by molar-refractivity contribution is 5.69. The highest BCUT2D eigenvalue weighted by Crippen LogP contribution is 2.35. The van der Waals surface area contributed by atoms with Gasteiger partial charge in [-0.15, -0.1) is 0 Å². The molecule has 0 saturated heterocycles. The number of rotatable bonds is 3. The van der Waals surface area contributed by atoms with Crippen LogP contribution in [0.25, 0.3) is 5.52 Å². The Morgan fingerprint density at radius 1 is 1.40 bits per heavy atom. The van der Waals surface area contributed by atoms with Gasteiger partial charge in [-0.05, 0) is 25.3 Å². The highest BCUT2D eigenvalue weighted by atomic mass is 15.2. The van der Waals surface area contributed by atoms with Gasteiger partial charge in [-0.2, -0.15) is 5.10 Å². The predicted octanol–water partition coefficient (Wildman–Crippen LogP) is 2.32. The minimum atomic E-state index is 0.0288. The van der Waals surface area contributed by atoms with Crippen molar-refractivity contribution in [3.8, 4) is 0 Å². The van der Waals surface area contributed by atoms with Gasteiger partial charge in [-0.25, -0.2) is 9.50 Å². The molecule has 1 fully saturated rings. The lowest BCUT2D eigenvalue weighted by molar-refractivity contribution is 0.287. The molecule has 0 aliphatic heterocycles. The number of nitrogens with one attached hydrogen (secondary N) is 1. The van der Waals surface area contributed by atoms with E-state index in [0.717, 1.165) is 29.9 Å². The Kier molecular flexibility index (Phi) is 2.97. The fraction of sp³-hybridized carbons (Fsp3) is 0.600. The van der Waals surface area contributed by atoms with E-state index in [2.05, 4.69) is 42.2 Å². The maximum absolute atomic E-state index is 5.92. The van der Waals surface area contributed by atoms with Crippen molar-refractivity contribution in [2.45, 2.75) is 51.0 Å². The molecule has 5 heteroatoms. The van der Waals surface area contributed by atoms with Crippen molar-refractivity contribution >= 4 is 11.3 Å². The molecule has 5 nitrogen and oxygen atoms in total. The molecule has 1 aliphatic carbocycles. The number of fused-ring (bicyclic) bond motifs is 1. The topological polar surface area (TPSA) is 68.2 Å². The van der Waals surface area contributed by atoms with Crippen molar-refractivity contribution in [1.29, 1.82) is 0 Å². The summed E-state index contributed by atoms with van der Waals surface area (Å²) in [5.74, 6) is 0.889. The van der Waals surface area contributed by atoms with Gasteiger partial charge in [0.25, 0.3) is 0 Å². The highest BCUT2D eigenvalue weighted by Gasteiger charge is 2.36. The van der Waals surface area contributed by atoms with E-state index < -0.39 is 0 Å². The molecule has 2 heterocycles. The first-order valence-corrected chi connectivity index (χ1v) is 7.27. The van der Waals surface area contributed by atoms with Gasteiger partial charge in [0, 0.05) is 24.4 Å². The van der Waals surface area contributed by atoms with Crippen LogP contribution in [0.1, 0.15) is 45.7 Å². The predicted molar refractivity (Wildman–Crippen MR) is 80.9 cm³/mol. The molecule has 108 valence electrons. The van der Waals surface area contributed by atoms with Gasteiger partial charge >= 0.3 is 0 Å². The van der Waals surface area contributed by atoms with Crippen molar-refractivity contribution in [2.24, 2.45) is 5.73 Å². The van der Waals surface area contributed by atoms with E-state index in [9.17, 15) is 0 Å². The third kappa shape index (κ3) is 2.16. The largest absolute Gasteiger partial charge is 0.362 e. The van der Waals surface area contributed by atoms with Crippen molar-refractivity contribution in [3.63, 3.8) is 0 Å². The summed E-state index contributed by atoms with van der Waals surface area (Å²) < 4.78 is 1.90. The summed E-state index contributed by atoms with van der Waals surface area (Å²) in [6.07, 6.45) is 7.15. The first-order chi connectivity index (χ1) is 9.43. The van der Waals surface area contributed by atoms with Gasteiger partial charge in [0.05, 0.1) is 11.2 Å². The zero-order valence-electron chi connectivity index (χ0n) is 12.5. The fourth-order valence-corrected chi connectivity index (χ4v) is 2.62. The third-order valence-electron chi connectivity index (χ3n) is 4.24. The Morgan fingerprint density at radius 2 is 2.15 bits per heavy atom. The van der Waals surface area contributed by atoms with Crippen LogP contribution in [0.15, 0.2) is 18.5 Å². The lowest BCUT2D eigenvalue weighted by Crippen LogP contribution is -2.51. The molecular weight excluding hydrogens is 250 g/mol. The number of nitrogens with two attached hydrogens (primary N) is 1. The van der Waals surface area contributed by atoms with Crippen LogP contribution in [0.4, 0.5) is 5.82 Å². The normalized spacial score (nSPS) is 18.0. The Morgan fingerprint density at radius 3 is 2.70 bits per heavy atom. The molecule has 3 rings (SSSR count). The first-order valence-electron chi connectivity index (χ1n) is 7.27. The first kappa shape index (κ1) is 13.4. The molecule has 2 aromatic heterocycles. The lowest BCUT2D eigenvalue weighted by Gasteiger charge is -2.42. The molecule has 0 bridgehead atoms. The lowest BCUT2D eigenvalue weighted by atomic mass is 9.77. The molecule has 0 aromatic carbocycles. The molecule has 0 radical (unpaired) electrons. The molecule has 2 aromatic rings. The zero-order valence-corrected chi connectivity index (χ0v) is 12.5. The van der Waals surface area contributed by atoms with Crippen LogP contribution >= 0.6 is 0 Å². The number of hydrogen-bond acceptors (Lipinski definition) is 4. The Labute approximate surface area is 119 Å². The second kappa shape index (κ2) is 4.45. The molecule has 1 aliphatic rings. The summed E-state index contributed by atoms with van der Waals surface area (Å²) >= 11 is 0. The van der Waals surface area contributed by atoms with Crippen molar-refractivity contribution in [2.75, 3.05) is 11.9 Å². The van der Waals surface area contributed by atoms with E-state index in [1.165, 1.54) is 6.42 Å². The Balaban J connectivity index is 2.01. The van der Waals surface area contributed by atoms with E-state index in [4.69, 9.17) is 5.73 Å². The van der Waals surface area contributed by atoms with Gasteiger partial charge in [0.2, 0.25) is 0 Å². The summed E-state index contributed by atoms with van der Waals surface area (Å²) in [5.41, 5.74) is 8.08. The molecular formula is C15H23N5. The van der Waals surface area contributed by atoms with E-state index >= 15 is 0 Å². The monoisotopic (exact) mass is 273 g/mol. The summed E-state index contributed by atoms with van der Waals surface area (Å²) in [7, 11) is 0. The minimum absolute atomic E-state index is 0.0288. The average molecular weight is 273 g/mol. The smallest absolute Gasteiger partial charge is 0.152 e. The van der Waals surface area contributed by atoms with Crippen LogP contribution in [-0.2, 0) is 5.41 Å². The van der Waals surface area contributed by atoms with Gasteiger partial charge in [0.15, 0.2) is 5.82 Å². The second-order valence-corrected chi connectivity index (χ2v) is 6.85. The van der Waals surface area contributed by atoms with Crippen LogP contribution in [0, 0.1) is 0 Å². The van der Waals surface area contributed by atoms with Crippen LogP contribution in [0.3, 0.4) is 0 Å². The van der Waals surface area contributed by atoms with Crippen molar-refractivity contribution in [1.82, 2.24) is 14.6 Å². The van der Waals surface area contributed by atoms with Crippen LogP contribution in [-0.4, -0.2) is 26.7 Å². The maximum Gasteiger partial charge on any atom is 0.152 e. The van der Waals surface area contributed by atoms with Crippen LogP contribution in [0.2, 0.25) is 0 Å². The second-order valence-electron chi connectivity index (χ2n) is 6.85. The molecule has 0 spiro atoms. The Bertz CT molecular complexity index is 613. The molecule has 0 unspecified atom stereocenters. The number of anilines is 1. The molecule has 20 heavy (non-hydrogen) atoms. The fourth-order valence-electron chi connectivity index (χ4n) is 2.62. The molecule has 0 amide bonds. The van der Waals surface area contributed by atoms with Crippen LogP contribution < -0.4 is 11.1 Å².